The fourth-order valence-electron chi connectivity index (χ4n) is 2.29. The summed E-state index contributed by atoms with van der Waals surface area (Å²) in [5.41, 5.74) is 17.0. The van der Waals surface area contributed by atoms with Gasteiger partial charge in [-0.3, -0.25) is 0 Å². The molecule has 150 valence electrons. The molecule has 0 aliphatic heterocycles. The van der Waals surface area contributed by atoms with Crippen molar-refractivity contribution in [3.05, 3.63) is 70.3 Å². The third-order valence-corrected chi connectivity index (χ3v) is 3.42. The number of nitrogens with zero attached hydrogens (tertiary/aromatic N) is 2. The third kappa shape index (κ3) is 8.54. The van der Waals surface area contributed by atoms with Gasteiger partial charge in [0.25, 0.3) is 0 Å². The van der Waals surface area contributed by atoms with Crippen molar-refractivity contribution in [1.82, 2.24) is 0 Å². The highest BCUT2D eigenvalue weighted by molar-refractivity contribution is 6.02. The van der Waals surface area contributed by atoms with Crippen molar-refractivity contribution in [3.63, 3.8) is 0 Å². The molecule has 2 aromatic carbocycles. The third-order valence-electron chi connectivity index (χ3n) is 3.42. The Morgan fingerprint density at radius 1 is 0.593 bits per heavy atom. The number of hydrogen-bond acceptors (Lipinski definition) is 2. The molecule has 0 saturated heterocycles. The van der Waals surface area contributed by atoms with Crippen LogP contribution < -0.4 is 11.5 Å². The molecule has 0 fully saturated rings. The van der Waals surface area contributed by atoms with Crippen molar-refractivity contribution in [1.29, 1.82) is 0 Å². The van der Waals surface area contributed by atoms with Crippen molar-refractivity contribution < 1.29 is 0 Å². The first-order chi connectivity index (χ1) is 13.0. The minimum Gasteiger partial charge on any atom is -0.382 e. The van der Waals surface area contributed by atoms with E-state index >= 15 is 0 Å². The van der Waals surface area contributed by atoms with Crippen molar-refractivity contribution in [2.45, 2.75) is 62.3 Å². The van der Waals surface area contributed by atoms with Crippen LogP contribution in [0.25, 0.3) is 0 Å². The minimum absolute atomic E-state index is 0.363. The van der Waals surface area contributed by atoms with Gasteiger partial charge in [0.15, 0.2) is 11.7 Å². The van der Waals surface area contributed by atoms with Crippen LogP contribution in [0.15, 0.2) is 52.7 Å². The molecule has 0 bridgehead atoms. The Balaban J connectivity index is 0. The van der Waals surface area contributed by atoms with E-state index in [9.17, 15) is 0 Å². The van der Waals surface area contributed by atoms with E-state index in [-0.39, 0.29) is 0 Å². The Morgan fingerprint density at radius 3 is 1.48 bits per heavy atom. The van der Waals surface area contributed by atoms with Crippen molar-refractivity contribution in [3.8, 4) is 0 Å². The second kappa shape index (κ2) is 15.6. The standard InChI is InChI=1S/C17H20N4.3C2H6/c1-11-7-4-5-10-14(11)16(18)20-21-17(19)15-12(2)8-6-9-13(15)3;3*1-2/h4-10H,1-3H3,(H2,18,20)(H2,19,21);3*1-2H3. The summed E-state index contributed by atoms with van der Waals surface area (Å²) in [4.78, 5) is 0. The maximum absolute atomic E-state index is 6.05. The highest BCUT2D eigenvalue weighted by Crippen LogP contribution is 2.13. The SMILES string of the molecule is CC.CC.CC.Cc1ccccc1/C(N)=N/N=C(\N)c1c(C)cccc1C. The van der Waals surface area contributed by atoms with Gasteiger partial charge in [-0.15, -0.1) is 10.2 Å². The second-order valence-corrected chi connectivity index (χ2v) is 5.05. The Hall–Kier alpha value is -2.62. The smallest absolute Gasteiger partial charge is 0.153 e. The second-order valence-electron chi connectivity index (χ2n) is 5.05. The molecule has 4 heteroatoms. The van der Waals surface area contributed by atoms with E-state index in [1.54, 1.807) is 0 Å². The molecule has 0 radical (unpaired) electrons. The van der Waals surface area contributed by atoms with E-state index < -0.39 is 0 Å². The monoisotopic (exact) mass is 370 g/mol. The van der Waals surface area contributed by atoms with Crippen LogP contribution in [0.1, 0.15) is 69.4 Å². The van der Waals surface area contributed by atoms with Crippen LogP contribution in [0.3, 0.4) is 0 Å². The predicted octanol–water partition coefficient (Wildman–Crippen LogP) is 5.72. The average molecular weight is 371 g/mol. The lowest BCUT2D eigenvalue weighted by Crippen LogP contribution is -2.18. The van der Waals surface area contributed by atoms with Crippen LogP contribution in [-0.4, -0.2) is 11.7 Å². The maximum Gasteiger partial charge on any atom is 0.153 e. The molecule has 0 spiro atoms. The lowest BCUT2D eigenvalue weighted by Gasteiger charge is -2.08. The Labute approximate surface area is 166 Å². The van der Waals surface area contributed by atoms with Crippen molar-refractivity contribution >= 4 is 11.7 Å². The number of hydrogen-bond donors (Lipinski definition) is 2. The molecule has 0 heterocycles. The number of rotatable bonds is 3. The predicted molar refractivity (Wildman–Crippen MR) is 123 cm³/mol. The van der Waals surface area contributed by atoms with Crippen LogP contribution in [0.2, 0.25) is 0 Å². The Bertz CT molecular complexity index is 696. The van der Waals surface area contributed by atoms with E-state index in [1.807, 2.05) is 105 Å². The average Bonchev–Trinajstić information content (AvgIpc) is 2.71. The van der Waals surface area contributed by atoms with Crippen molar-refractivity contribution in [2.75, 3.05) is 0 Å². The number of nitrogens with two attached hydrogens (primary N) is 2. The molecule has 0 saturated carbocycles. The lowest BCUT2D eigenvalue weighted by atomic mass is 10.0. The number of benzene rings is 2. The quantitative estimate of drug-likeness (QED) is 0.412. The van der Waals surface area contributed by atoms with Gasteiger partial charge in [-0.1, -0.05) is 84.0 Å². The zero-order chi connectivity index (χ0) is 21.4. The van der Waals surface area contributed by atoms with Crippen LogP contribution in [0.5, 0.6) is 0 Å². The molecule has 2 aromatic rings. The molecule has 27 heavy (non-hydrogen) atoms. The largest absolute Gasteiger partial charge is 0.382 e. The summed E-state index contributed by atoms with van der Waals surface area (Å²) in [7, 11) is 0. The summed E-state index contributed by atoms with van der Waals surface area (Å²) in [5, 5.41) is 8.16. The van der Waals surface area contributed by atoms with Gasteiger partial charge in [-0.05, 0) is 37.5 Å². The summed E-state index contributed by atoms with van der Waals surface area (Å²) in [6.45, 7) is 18.0. The zero-order valence-electron chi connectivity index (χ0n) is 18.6. The van der Waals surface area contributed by atoms with E-state index in [0.717, 1.165) is 27.8 Å². The molecular formula is C23H38N4. The molecular weight excluding hydrogens is 332 g/mol. The highest BCUT2D eigenvalue weighted by Gasteiger charge is 2.07. The topological polar surface area (TPSA) is 76.8 Å². The molecule has 4 N–H and O–H groups in total. The fourth-order valence-corrected chi connectivity index (χ4v) is 2.29. The zero-order valence-corrected chi connectivity index (χ0v) is 18.6. The van der Waals surface area contributed by atoms with Crippen molar-refractivity contribution in [2.24, 2.45) is 21.7 Å². The van der Waals surface area contributed by atoms with Crippen LogP contribution in [0.4, 0.5) is 0 Å². The maximum atomic E-state index is 6.05. The molecule has 0 aliphatic rings. The number of amidine groups is 2. The molecule has 0 amide bonds. The summed E-state index contributed by atoms with van der Waals surface area (Å²) < 4.78 is 0. The summed E-state index contributed by atoms with van der Waals surface area (Å²) in [5.74, 6) is 0.740. The van der Waals surface area contributed by atoms with Gasteiger partial charge in [0.1, 0.15) is 0 Å². The van der Waals surface area contributed by atoms with Gasteiger partial charge in [-0.25, -0.2) is 0 Å². The Kier molecular flexibility index (Phi) is 15.4. The van der Waals surface area contributed by atoms with Gasteiger partial charge >= 0.3 is 0 Å². The van der Waals surface area contributed by atoms with E-state index in [1.165, 1.54) is 0 Å². The van der Waals surface area contributed by atoms with E-state index in [4.69, 9.17) is 11.5 Å². The molecule has 0 atom stereocenters. The van der Waals surface area contributed by atoms with Crippen LogP contribution >= 0.6 is 0 Å². The molecule has 0 aromatic heterocycles. The van der Waals surface area contributed by atoms with Gasteiger partial charge in [-0.2, -0.15) is 0 Å². The van der Waals surface area contributed by atoms with Crippen LogP contribution in [-0.2, 0) is 0 Å². The lowest BCUT2D eigenvalue weighted by molar-refractivity contribution is 1.19. The first-order valence-electron chi connectivity index (χ1n) is 9.80. The minimum atomic E-state index is 0.363. The van der Waals surface area contributed by atoms with E-state index in [0.29, 0.717) is 11.7 Å². The first kappa shape index (κ1) is 26.6. The molecule has 0 unspecified atom stereocenters. The molecule has 4 nitrogen and oxygen atoms in total. The van der Waals surface area contributed by atoms with Crippen LogP contribution in [0, 0.1) is 20.8 Å². The normalized spacial score (nSPS) is 10.4. The number of aryl methyl sites for hydroxylation is 3. The first-order valence-corrected chi connectivity index (χ1v) is 9.80. The summed E-state index contributed by atoms with van der Waals surface area (Å²) >= 11 is 0. The molecule has 2 rings (SSSR count). The van der Waals surface area contributed by atoms with E-state index in [2.05, 4.69) is 10.2 Å². The van der Waals surface area contributed by atoms with Gasteiger partial charge in [0, 0.05) is 11.1 Å². The summed E-state index contributed by atoms with van der Waals surface area (Å²) in [6, 6.07) is 13.8. The van der Waals surface area contributed by atoms with Gasteiger partial charge < -0.3 is 11.5 Å². The molecule has 0 aliphatic carbocycles. The highest BCUT2D eigenvalue weighted by atomic mass is 15.3. The van der Waals surface area contributed by atoms with Gasteiger partial charge in [0.2, 0.25) is 0 Å². The van der Waals surface area contributed by atoms with Gasteiger partial charge in [0.05, 0.1) is 0 Å². The Morgan fingerprint density at radius 2 is 1.00 bits per heavy atom. The fraction of sp³-hybridized carbons (Fsp3) is 0.391. The summed E-state index contributed by atoms with van der Waals surface area (Å²) in [6.07, 6.45) is 0.